The summed E-state index contributed by atoms with van der Waals surface area (Å²) in [6.45, 7) is 0. The van der Waals surface area contributed by atoms with E-state index >= 15 is 0 Å². The van der Waals surface area contributed by atoms with E-state index in [0.29, 0.717) is 0 Å². The summed E-state index contributed by atoms with van der Waals surface area (Å²) in [5, 5.41) is 10.3. The zero-order chi connectivity index (χ0) is 30.2. The van der Waals surface area contributed by atoms with Gasteiger partial charge in [0, 0.05) is 38.6 Å². The molecule has 10 rings (SSSR count). The zero-order valence-corrected chi connectivity index (χ0v) is 25.1. The van der Waals surface area contributed by atoms with Gasteiger partial charge in [0.05, 0.1) is 16.6 Å². The lowest BCUT2D eigenvalue weighted by Gasteiger charge is -2.25. The number of nitrogens with zero attached hydrogens (tertiary/aromatic N) is 2. The molecule has 2 heteroatoms. The van der Waals surface area contributed by atoms with Crippen molar-refractivity contribution in [2.24, 2.45) is 0 Å². The quantitative estimate of drug-likeness (QED) is 0.200. The molecule has 2 aromatic heterocycles. The molecule has 0 spiro atoms. The van der Waals surface area contributed by atoms with Crippen molar-refractivity contribution in [3.05, 3.63) is 170 Å². The van der Waals surface area contributed by atoms with Gasteiger partial charge in [0.1, 0.15) is 0 Å². The van der Waals surface area contributed by atoms with E-state index in [1.54, 1.807) is 0 Å². The van der Waals surface area contributed by atoms with Crippen LogP contribution < -0.4 is 4.90 Å². The number of anilines is 3. The Kier molecular flexibility index (Phi) is 5.31. The van der Waals surface area contributed by atoms with Crippen LogP contribution in [0.5, 0.6) is 0 Å². The Hall–Kier alpha value is -6.12. The van der Waals surface area contributed by atoms with Crippen molar-refractivity contribution < 1.29 is 0 Å². The van der Waals surface area contributed by atoms with Crippen molar-refractivity contribution in [2.75, 3.05) is 4.90 Å². The van der Waals surface area contributed by atoms with Crippen LogP contribution >= 0.6 is 0 Å². The molecular formula is C44H28N2. The normalized spacial score (nSPS) is 11.9. The molecule has 0 aliphatic carbocycles. The lowest BCUT2D eigenvalue weighted by atomic mass is 9.97. The SMILES string of the molecule is c1ccc(N(c2ccccc2)c2ccc(-c3cc4c5cc6ccccc6cc5n5c6cc7ccccc7cc6c(c3)c45)cc2)cc1. The Morgan fingerprint density at radius 1 is 0.326 bits per heavy atom. The molecule has 0 amide bonds. The maximum Gasteiger partial charge on any atom is 0.0620 e. The van der Waals surface area contributed by atoms with Crippen molar-refractivity contribution in [1.29, 1.82) is 0 Å². The van der Waals surface area contributed by atoms with Crippen LogP contribution in [0.1, 0.15) is 0 Å². The standard InChI is InChI=1S/C44H28N2/c1-3-15-35(16-4-1)45(36-17-5-2-6-18-36)37-21-19-29(20-22-37)34-25-40-38-23-30-11-7-9-13-32(30)27-42(38)46-43-28-33-14-10-8-12-31(33)24-39(43)41(26-34)44(40)46/h1-28H. The Labute approximate surface area is 266 Å². The fourth-order valence-corrected chi connectivity index (χ4v) is 7.49. The highest BCUT2D eigenvalue weighted by Crippen LogP contribution is 2.44. The monoisotopic (exact) mass is 584 g/mol. The Balaban J connectivity index is 1.22. The first kappa shape index (κ1) is 25.2. The molecule has 0 aliphatic heterocycles. The van der Waals surface area contributed by atoms with Crippen LogP contribution in [0.2, 0.25) is 0 Å². The summed E-state index contributed by atoms with van der Waals surface area (Å²) >= 11 is 0. The van der Waals surface area contributed by atoms with E-state index in [1.165, 1.54) is 70.8 Å². The molecule has 214 valence electrons. The fourth-order valence-electron chi connectivity index (χ4n) is 7.49. The Bertz CT molecular complexity index is 2560. The molecule has 46 heavy (non-hydrogen) atoms. The largest absolute Gasteiger partial charge is 0.311 e. The summed E-state index contributed by atoms with van der Waals surface area (Å²) in [6.07, 6.45) is 0. The lowest BCUT2D eigenvalue weighted by molar-refractivity contribution is 1.28. The highest BCUT2D eigenvalue weighted by Gasteiger charge is 2.20. The molecule has 0 saturated carbocycles. The van der Waals surface area contributed by atoms with E-state index < -0.39 is 0 Å². The molecule has 0 saturated heterocycles. The van der Waals surface area contributed by atoms with Crippen molar-refractivity contribution in [3.8, 4) is 11.1 Å². The zero-order valence-electron chi connectivity index (χ0n) is 25.1. The average molecular weight is 585 g/mol. The van der Waals surface area contributed by atoms with Crippen LogP contribution in [0.15, 0.2) is 170 Å². The van der Waals surface area contributed by atoms with Gasteiger partial charge in [-0.2, -0.15) is 0 Å². The van der Waals surface area contributed by atoms with Crippen molar-refractivity contribution in [3.63, 3.8) is 0 Å². The van der Waals surface area contributed by atoms with Gasteiger partial charge in [0.25, 0.3) is 0 Å². The Morgan fingerprint density at radius 2 is 0.739 bits per heavy atom. The van der Waals surface area contributed by atoms with E-state index in [4.69, 9.17) is 0 Å². The van der Waals surface area contributed by atoms with Crippen LogP contribution in [-0.2, 0) is 0 Å². The van der Waals surface area contributed by atoms with Gasteiger partial charge in [-0.05, 0) is 105 Å². The van der Waals surface area contributed by atoms with Gasteiger partial charge in [-0.25, -0.2) is 0 Å². The molecule has 2 nitrogen and oxygen atoms in total. The summed E-state index contributed by atoms with van der Waals surface area (Å²) in [7, 11) is 0. The smallest absolute Gasteiger partial charge is 0.0620 e. The van der Waals surface area contributed by atoms with Gasteiger partial charge in [-0.3, -0.25) is 0 Å². The maximum absolute atomic E-state index is 2.50. The molecular weight excluding hydrogens is 556 g/mol. The average Bonchev–Trinajstić information content (AvgIpc) is 3.61. The first-order chi connectivity index (χ1) is 22.8. The first-order valence-corrected chi connectivity index (χ1v) is 15.9. The van der Waals surface area contributed by atoms with Crippen molar-refractivity contribution in [2.45, 2.75) is 0 Å². The van der Waals surface area contributed by atoms with Crippen LogP contribution in [0.4, 0.5) is 17.1 Å². The third-order valence-corrected chi connectivity index (χ3v) is 9.61. The van der Waals surface area contributed by atoms with Gasteiger partial charge in [0.15, 0.2) is 0 Å². The van der Waals surface area contributed by atoms with Crippen LogP contribution in [0.3, 0.4) is 0 Å². The van der Waals surface area contributed by atoms with E-state index in [-0.39, 0.29) is 0 Å². The molecule has 2 heterocycles. The van der Waals surface area contributed by atoms with Crippen LogP contribution in [0.25, 0.3) is 70.8 Å². The van der Waals surface area contributed by atoms with Crippen LogP contribution in [0, 0.1) is 0 Å². The minimum atomic E-state index is 1.13. The summed E-state index contributed by atoms with van der Waals surface area (Å²) in [5.41, 5.74) is 9.67. The van der Waals surface area contributed by atoms with Gasteiger partial charge in [-0.1, -0.05) is 97.1 Å². The predicted molar refractivity (Wildman–Crippen MR) is 196 cm³/mol. The first-order valence-electron chi connectivity index (χ1n) is 15.9. The number of aromatic nitrogens is 1. The number of benzene rings is 8. The molecule has 8 aromatic carbocycles. The molecule has 10 aromatic rings. The summed E-state index contributed by atoms with van der Waals surface area (Å²) in [4.78, 5) is 2.31. The second kappa shape index (κ2) is 9.69. The summed E-state index contributed by atoms with van der Waals surface area (Å²) < 4.78 is 2.50. The van der Waals surface area contributed by atoms with Crippen molar-refractivity contribution >= 4 is 76.7 Å². The minimum absolute atomic E-state index is 1.13. The molecule has 0 unspecified atom stereocenters. The van der Waals surface area contributed by atoms with Gasteiger partial charge < -0.3 is 9.30 Å². The maximum atomic E-state index is 2.50. The number of fused-ring (bicyclic) bond motifs is 8. The van der Waals surface area contributed by atoms with Gasteiger partial charge >= 0.3 is 0 Å². The molecule has 0 radical (unpaired) electrons. The third-order valence-electron chi connectivity index (χ3n) is 9.61. The summed E-state index contributed by atoms with van der Waals surface area (Å²) in [6, 6.07) is 61.9. The number of para-hydroxylation sites is 2. The molecule has 0 bridgehead atoms. The van der Waals surface area contributed by atoms with Gasteiger partial charge in [0.2, 0.25) is 0 Å². The second-order valence-electron chi connectivity index (χ2n) is 12.2. The fraction of sp³-hybridized carbons (Fsp3) is 0. The van der Waals surface area contributed by atoms with Crippen LogP contribution in [-0.4, -0.2) is 4.40 Å². The van der Waals surface area contributed by atoms with E-state index in [2.05, 4.69) is 179 Å². The molecule has 0 fully saturated rings. The molecule has 0 aliphatic rings. The lowest BCUT2D eigenvalue weighted by Crippen LogP contribution is -2.09. The Morgan fingerprint density at radius 3 is 1.22 bits per heavy atom. The number of hydrogen-bond donors (Lipinski definition) is 0. The highest BCUT2D eigenvalue weighted by molar-refractivity contribution is 6.27. The molecule has 0 N–H and O–H groups in total. The van der Waals surface area contributed by atoms with Crippen molar-refractivity contribution in [1.82, 2.24) is 4.40 Å². The van der Waals surface area contributed by atoms with E-state index in [9.17, 15) is 0 Å². The number of hydrogen-bond acceptors (Lipinski definition) is 1. The summed E-state index contributed by atoms with van der Waals surface area (Å²) in [5.74, 6) is 0. The molecule has 0 atom stereocenters. The van der Waals surface area contributed by atoms with Gasteiger partial charge in [-0.15, -0.1) is 0 Å². The number of rotatable bonds is 4. The topological polar surface area (TPSA) is 7.65 Å². The van der Waals surface area contributed by atoms with E-state index in [1.807, 2.05) is 0 Å². The highest BCUT2D eigenvalue weighted by atomic mass is 15.1. The van der Waals surface area contributed by atoms with E-state index in [0.717, 1.165) is 17.1 Å². The minimum Gasteiger partial charge on any atom is -0.311 e. The third kappa shape index (κ3) is 3.71. The predicted octanol–water partition coefficient (Wildman–Crippen LogP) is 12.3. The second-order valence-corrected chi connectivity index (χ2v) is 12.2.